The number of nitrogens with two attached hydrogens (primary N) is 1. The first-order valence-corrected chi connectivity index (χ1v) is 10.1. The molecule has 6 nitrogen and oxygen atoms in total. The van der Waals surface area contributed by atoms with Crippen LogP contribution in [0.2, 0.25) is 0 Å². The average Bonchev–Trinajstić information content (AvgIpc) is 2.94. The van der Waals surface area contributed by atoms with Gasteiger partial charge in [-0.1, -0.05) is 0 Å². The molecule has 0 aliphatic heterocycles. The van der Waals surface area contributed by atoms with Crippen molar-refractivity contribution in [3.63, 3.8) is 0 Å². The number of ketones is 1. The smallest absolute Gasteiger partial charge is 0.238 e. The summed E-state index contributed by atoms with van der Waals surface area (Å²) in [4.78, 5) is 12.6. The van der Waals surface area contributed by atoms with Crippen molar-refractivity contribution >= 4 is 15.8 Å². The highest BCUT2D eigenvalue weighted by Crippen LogP contribution is 2.23. The summed E-state index contributed by atoms with van der Waals surface area (Å²) in [5.74, 6) is -2.22. The van der Waals surface area contributed by atoms with Gasteiger partial charge in [-0.3, -0.25) is 4.79 Å². The summed E-state index contributed by atoms with van der Waals surface area (Å²) >= 11 is 0. The van der Waals surface area contributed by atoms with E-state index in [1.165, 1.54) is 12.1 Å². The second-order valence-corrected chi connectivity index (χ2v) is 8.01. The van der Waals surface area contributed by atoms with E-state index in [1.807, 2.05) is 0 Å². The lowest BCUT2D eigenvalue weighted by atomic mass is 10.1. The summed E-state index contributed by atoms with van der Waals surface area (Å²) in [6, 6.07) is 10.4. The van der Waals surface area contributed by atoms with Gasteiger partial charge in [-0.2, -0.15) is 0 Å². The van der Waals surface area contributed by atoms with Gasteiger partial charge >= 0.3 is 0 Å². The van der Waals surface area contributed by atoms with Crippen LogP contribution < -0.4 is 9.88 Å². The van der Waals surface area contributed by atoms with E-state index in [9.17, 15) is 22.0 Å². The Kier molecular flexibility index (Phi) is 5.54. The Hall–Kier alpha value is -3.04. The lowest BCUT2D eigenvalue weighted by Crippen LogP contribution is -2.13. The molecule has 0 spiro atoms. The highest BCUT2D eigenvalue weighted by atomic mass is 32.2. The number of aromatic nitrogens is 1. The van der Waals surface area contributed by atoms with Gasteiger partial charge in [-0.05, 0) is 56.3 Å². The molecule has 0 saturated heterocycles. The van der Waals surface area contributed by atoms with Crippen molar-refractivity contribution in [1.29, 1.82) is 0 Å². The molecule has 0 unspecified atom stereocenters. The highest BCUT2D eigenvalue weighted by Gasteiger charge is 2.18. The van der Waals surface area contributed by atoms with Gasteiger partial charge in [0.1, 0.15) is 5.82 Å². The third-order valence-electron chi connectivity index (χ3n) is 4.41. The number of nitrogens with zero attached hydrogens (tertiary/aromatic N) is 1. The number of sulfonamides is 1. The zero-order valence-electron chi connectivity index (χ0n) is 15.6. The van der Waals surface area contributed by atoms with E-state index in [2.05, 4.69) is 0 Å². The molecule has 29 heavy (non-hydrogen) atoms. The van der Waals surface area contributed by atoms with E-state index in [4.69, 9.17) is 9.88 Å². The second kappa shape index (κ2) is 7.76. The number of hydrogen-bond donors (Lipinski definition) is 1. The van der Waals surface area contributed by atoms with Crippen LogP contribution in [-0.4, -0.2) is 25.4 Å². The SMILES string of the molecule is Cc1cc(C(=O)COc2ccc(F)cc2F)c(C)n1-c1ccc(S(N)(=O)=O)cc1. The number of Topliss-reactive ketones (excluding diaryl/α,β-unsaturated/α-hetero) is 1. The lowest BCUT2D eigenvalue weighted by Gasteiger charge is -2.11. The third-order valence-corrected chi connectivity index (χ3v) is 5.34. The predicted molar refractivity (Wildman–Crippen MR) is 103 cm³/mol. The Balaban J connectivity index is 1.84. The number of benzene rings is 2. The van der Waals surface area contributed by atoms with Gasteiger partial charge in [0.15, 0.2) is 18.2 Å². The minimum atomic E-state index is -3.80. The zero-order valence-corrected chi connectivity index (χ0v) is 16.5. The van der Waals surface area contributed by atoms with Crippen molar-refractivity contribution in [2.75, 3.05) is 6.61 Å². The molecule has 2 aromatic carbocycles. The lowest BCUT2D eigenvalue weighted by molar-refractivity contribution is 0.0918. The average molecular weight is 420 g/mol. The summed E-state index contributed by atoms with van der Waals surface area (Å²) < 4.78 is 56.4. The Morgan fingerprint density at radius 1 is 1.07 bits per heavy atom. The molecular formula is C20H18F2N2O4S. The number of carbonyl (C=O) groups is 1. The molecule has 152 valence electrons. The van der Waals surface area contributed by atoms with E-state index < -0.39 is 28.3 Å². The first-order valence-electron chi connectivity index (χ1n) is 8.51. The number of primary sulfonamides is 1. The molecule has 1 heterocycles. The summed E-state index contributed by atoms with van der Waals surface area (Å²) in [6.07, 6.45) is 0. The van der Waals surface area contributed by atoms with Crippen LogP contribution >= 0.6 is 0 Å². The van der Waals surface area contributed by atoms with E-state index in [1.54, 1.807) is 36.6 Å². The van der Waals surface area contributed by atoms with E-state index in [0.29, 0.717) is 23.0 Å². The van der Waals surface area contributed by atoms with Crippen LogP contribution in [-0.2, 0) is 10.0 Å². The van der Waals surface area contributed by atoms with Gasteiger partial charge in [0.2, 0.25) is 15.8 Å². The molecule has 0 amide bonds. The molecule has 2 N–H and O–H groups in total. The molecule has 0 saturated carbocycles. The Morgan fingerprint density at radius 2 is 1.72 bits per heavy atom. The molecule has 0 aliphatic rings. The minimum absolute atomic E-state index is 0.0188. The first kappa shape index (κ1) is 20.7. The number of ether oxygens (including phenoxy) is 1. The summed E-state index contributed by atoms with van der Waals surface area (Å²) in [5.41, 5.74) is 2.37. The van der Waals surface area contributed by atoms with E-state index in [0.717, 1.165) is 17.8 Å². The molecule has 0 bridgehead atoms. The second-order valence-electron chi connectivity index (χ2n) is 6.45. The minimum Gasteiger partial charge on any atom is -0.482 e. The standard InChI is InChI=1S/C20H18F2N2O4S/c1-12-9-17(19(25)11-28-20-8-3-14(21)10-18(20)22)13(2)24(12)15-4-6-16(7-5-15)29(23,26)27/h3-10H,11H2,1-2H3,(H2,23,26,27). The van der Waals surface area contributed by atoms with Crippen molar-refractivity contribution in [1.82, 2.24) is 4.57 Å². The highest BCUT2D eigenvalue weighted by molar-refractivity contribution is 7.89. The fraction of sp³-hybridized carbons (Fsp3) is 0.150. The van der Waals surface area contributed by atoms with Crippen LogP contribution in [0.5, 0.6) is 5.75 Å². The summed E-state index contributed by atoms with van der Waals surface area (Å²) in [7, 11) is -3.80. The van der Waals surface area contributed by atoms with Crippen LogP contribution in [0.3, 0.4) is 0 Å². The van der Waals surface area contributed by atoms with E-state index in [-0.39, 0.29) is 16.4 Å². The van der Waals surface area contributed by atoms with Crippen molar-refractivity contribution in [3.05, 3.63) is 77.1 Å². The van der Waals surface area contributed by atoms with Crippen LogP contribution in [0.25, 0.3) is 5.69 Å². The number of aryl methyl sites for hydroxylation is 1. The fourth-order valence-electron chi connectivity index (χ4n) is 3.04. The molecular weight excluding hydrogens is 402 g/mol. The van der Waals surface area contributed by atoms with Crippen LogP contribution in [0.15, 0.2) is 53.4 Å². The van der Waals surface area contributed by atoms with E-state index >= 15 is 0 Å². The van der Waals surface area contributed by atoms with Crippen molar-refractivity contribution in [3.8, 4) is 11.4 Å². The molecule has 0 atom stereocenters. The van der Waals surface area contributed by atoms with Gasteiger partial charge in [0, 0.05) is 28.7 Å². The Labute approximate surface area is 166 Å². The topological polar surface area (TPSA) is 91.4 Å². The van der Waals surface area contributed by atoms with Gasteiger partial charge in [0.25, 0.3) is 0 Å². The molecule has 0 radical (unpaired) electrons. The number of halogens is 2. The van der Waals surface area contributed by atoms with Crippen LogP contribution in [0.4, 0.5) is 8.78 Å². The predicted octanol–water partition coefficient (Wildman–Crippen LogP) is 3.28. The maximum Gasteiger partial charge on any atom is 0.238 e. The summed E-state index contributed by atoms with van der Waals surface area (Å²) in [6.45, 7) is 3.10. The van der Waals surface area contributed by atoms with Crippen molar-refractivity contribution in [2.45, 2.75) is 18.7 Å². The van der Waals surface area contributed by atoms with Crippen molar-refractivity contribution in [2.24, 2.45) is 5.14 Å². The quantitative estimate of drug-likeness (QED) is 0.620. The summed E-state index contributed by atoms with van der Waals surface area (Å²) in [5, 5.41) is 5.11. The maximum atomic E-state index is 13.7. The van der Waals surface area contributed by atoms with Gasteiger partial charge in [0.05, 0.1) is 4.90 Å². The van der Waals surface area contributed by atoms with Gasteiger partial charge in [-0.15, -0.1) is 0 Å². The van der Waals surface area contributed by atoms with Crippen molar-refractivity contribution < 1.29 is 26.7 Å². The normalized spacial score (nSPS) is 11.5. The number of carbonyl (C=O) groups excluding carboxylic acids is 1. The number of hydrogen-bond acceptors (Lipinski definition) is 4. The largest absolute Gasteiger partial charge is 0.482 e. The molecule has 3 rings (SSSR count). The first-order chi connectivity index (χ1) is 13.6. The van der Waals surface area contributed by atoms with Crippen LogP contribution in [0, 0.1) is 25.5 Å². The van der Waals surface area contributed by atoms with Gasteiger partial charge < -0.3 is 9.30 Å². The molecule has 0 aliphatic carbocycles. The zero-order chi connectivity index (χ0) is 21.3. The fourth-order valence-corrected chi connectivity index (χ4v) is 3.56. The Morgan fingerprint density at radius 3 is 2.31 bits per heavy atom. The molecule has 1 aromatic heterocycles. The van der Waals surface area contributed by atoms with Crippen LogP contribution in [0.1, 0.15) is 21.7 Å². The monoisotopic (exact) mass is 420 g/mol. The molecule has 9 heteroatoms. The number of rotatable bonds is 6. The third kappa shape index (κ3) is 4.36. The maximum absolute atomic E-state index is 13.7. The molecule has 0 fully saturated rings. The Bertz CT molecular complexity index is 1190. The van der Waals surface area contributed by atoms with Gasteiger partial charge in [-0.25, -0.2) is 22.3 Å². The molecule has 3 aromatic rings.